The summed E-state index contributed by atoms with van der Waals surface area (Å²) in [6.07, 6.45) is -0.470. The van der Waals surface area contributed by atoms with Crippen LogP contribution in [0.3, 0.4) is 0 Å². The molecule has 0 aromatic heterocycles. The molecule has 37 heavy (non-hydrogen) atoms. The SMILES string of the molecule is COc1ccccc1CC(=O)N1CC2C(C1)C(O)(c1ccccc1OC)C(O)CC2(C)c1ccccc1. The molecule has 5 rings (SSSR count). The van der Waals surface area contributed by atoms with Gasteiger partial charge >= 0.3 is 0 Å². The van der Waals surface area contributed by atoms with Crippen molar-refractivity contribution in [3.63, 3.8) is 0 Å². The van der Waals surface area contributed by atoms with Crippen LogP contribution in [-0.4, -0.2) is 54.4 Å². The number of hydrogen-bond acceptors (Lipinski definition) is 5. The van der Waals surface area contributed by atoms with Gasteiger partial charge in [0.25, 0.3) is 0 Å². The second-order valence-electron chi connectivity index (χ2n) is 10.5. The number of amides is 1. The highest BCUT2D eigenvalue weighted by Crippen LogP contribution is 2.57. The Bertz CT molecular complexity index is 1260. The fourth-order valence-corrected chi connectivity index (χ4v) is 6.68. The molecular formula is C31H35NO5. The molecule has 1 amide bonds. The molecule has 2 N–H and O–H groups in total. The van der Waals surface area contributed by atoms with Crippen LogP contribution in [0.4, 0.5) is 0 Å². The van der Waals surface area contributed by atoms with E-state index in [0.717, 1.165) is 11.1 Å². The zero-order valence-corrected chi connectivity index (χ0v) is 21.6. The minimum absolute atomic E-state index is 0.0221. The number of aliphatic hydroxyl groups excluding tert-OH is 1. The number of rotatable bonds is 6. The van der Waals surface area contributed by atoms with Crippen molar-refractivity contribution in [1.82, 2.24) is 4.90 Å². The van der Waals surface area contributed by atoms with Gasteiger partial charge in [-0.3, -0.25) is 4.79 Å². The lowest BCUT2D eigenvalue weighted by Gasteiger charge is -2.53. The van der Waals surface area contributed by atoms with Gasteiger partial charge in [-0.25, -0.2) is 0 Å². The standard InChI is InChI=1S/C31H35NO5/c1-30(22-12-5-4-6-13-22)18-28(33)31(35,23-14-8-10-16-27(23)37-3)25-20-32(19-24(25)30)29(34)17-21-11-7-9-15-26(21)36-2/h4-16,24-25,28,33,35H,17-20H2,1-3H3. The fourth-order valence-electron chi connectivity index (χ4n) is 6.68. The fraction of sp³-hybridized carbons (Fsp3) is 0.387. The van der Waals surface area contributed by atoms with Crippen LogP contribution in [0.5, 0.6) is 11.5 Å². The van der Waals surface area contributed by atoms with Crippen molar-refractivity contribution >= 4 is 5.91 Å². The van der Waals surface area contributed by atoms with Crippen LogP contribution in [0.15, 0.2) is 78.9 Å². The molecule has 6 heteroatoms. The first-order chi connectivity index (χ1) is 17.8. The Morgan fingerprint density at radius 1 is 0.892 bits per heavy atom. The molecule has 6 nitrogen and oxygen atoms in total. The van der Waals surface area contributed by atoms with E-state index in [1.165, 1.54) is 0 Å². The quantitative estimate of drug-likeness (QED) is 0.535. The predicted molar refractivity (Wildman–Crippen MR) is 142 cm³/mol. The Kier molecular flexibility index (Phi) is 6.73. The maximum Gasteiger partial charge on any atom is 0.227 e. The molecule has 1 aliphatic heterocycles. The summed E-state index contributed by atoms with van der Waals surface area (Å²) < 4.78 is 11.1. The highest BCUT2D eigenvalue weighted by molar-refractivity contribution is 5.80. The Morgan fingerprint density at radius 3 is 2.19 bits per heavy atom. The number of likely N-dealkylation sites (tertiary alicyclic amines) is 1. The minimum atomic E-state index is -1.56. The van der Waals surface area contributed by atoms with E-state index in [1.54, 1.807) is 20.3 Å². The lowest BCUT2D eigenvalue weighted by molar-refractivity contribution is -0.171. The van der Waals surface area contributed by atoms with Gasteiger partial charge in [0, 0.05) is 35.5 Å². The van der Waals surface area contributed by atoms with Gasteiger partial charge in [-0.2, -0.15) is 0 Å². The zero-order valence-electron chi connectivity index (χ0n) is 21.6. The van der Waals surface area contributed by atoms with Crippen LogP contribution >= 0.6 is 0 Å². The molecule has 3 aromatic carbocycles. The van der Waals surface area contributed by atoms with Crippen LogP contribution in [0.25, 0.3) is 0 Å². The Labute approximate surface area is 218 Å². The van der Waals surface area contributed by atoms with E-state index in [-0.39, 0.29) is 24.2 Å². The Hall–Kier alpha value is -3.35. The number of carbonyl (C=O) groups excluding carboxylic acids is 1. The van der Waals surface area contributed by atoms with Crippen molar-refractivity contribution in [3.05, 3.63) is 95.6 Å². The average molecular weight is 502 g/mol. The summed E-state index contributed by atoms with van der Waals surface area (Å²) in [5.74, 6) is 0.729. The van der Waals surface area contributed by atoms with E-state index < -0.39 is 17.1 Å². The normalized spacial score (nSPS) is 29.0. The number of fused-ring (bicyclic) bond motifs is 1. The molecule has 2 aliphatic rings. The van der Waals surface area contributed by atoms with Gasteiger partial charge in [0.05, 0.1) is 26.7 Å². The minimum Gasteiger partial charge on any atom is -0.496 e. The van der Waals surface area contributed by atoms with Gasteiger partial charge in [-0.1, -0.05) is 73.7 Å². The maximum atomic E-state index is 13.6. The molecule has 0 radical (unpaired) electrons. The Morgan fingerprint density at radius 2 is 1.49 bits per heavy atom. The molecule has 5 atom stereocenters. The van der Waals surface area contributed by atoms with Gasteiger partial charge in [0.15, 0.2) is 0 Å². The van der Waals surface area contributed by atoms with Gasteiger partial charge in [-0.05, 0) is 30.0 Å². The van der Waals surface area contributed by atoms with Crippen LogP contribution < -0.4 is 9.47 Å². The van der Waals surface area contributed by atoms with Crippen molar-refractivity contribution in [3.8, 4) is 11.5 Å². The average Bonchev–Trinajstić information content (AvgIpc) is 3.40. The third kappa shape index (κ3) is 4.18. The summed E-state index contributed by atoms with van der Waals surface area (Å²) in [6.45, 7) is 2.99. The van der Waals surface area contributed by atoms with E-state index in [2.05, 4.69) is 19.1 Å². The predicted octanol–water partition coefficient (Wildman–Crippen LogP) is 3.93. The molecule has 5 unspecified atom stereocenters. The van der Waals surface area contributed by atoms with Crippen molar-refractivity contribution in [2.24, 2.45) is 11.8 Å². The summed E-state index contributed by atoms with van der Waals surface area (Å²) in [4.78, 5) is 15.5. The Balaban J connectivity index is 1.55. The number of ether oxygens (including phenoxy) is 2. The summed E-state index contributed by atoms with van der Waals surface area (Å²) in [5.41, 5.74) is 0.499. The topological polar surface area (TPSA) is 79.2 Å². The van der Waals surface area contributed by atoms with Gasteiger partial charge in [0.1, 0.15) is 17.1 Å². The van der Waals surface area contributed by atoms with Crippen LogP contribution in [0.1, 0.15) is 30.0 Å². The number of nitrogens with zero attached hydrogens (tertiary/aromatic N) is 1. The van der Waals surface area contributed by atoms with E-state index in [0.29, 0.717) is 36.6 Å². The third-order valence-corrected chi connectivity index (χ3v) is 8.69. The molecule has 1 aliphatic carbocycles. The lowest BCUT2D eigenvalue weighted by Crippen LogP contribution is -2.59. The first kappa shape index (κ1) is 25.3. The monoisotopic (exact) mass is 501 g/mol. The molecule has 2 fully saturated rings. The molecule has 3 aromatic rings. The number of carbonyl (C=O) groups is 1. The van der Waals surface area contributed by atoms with Crippen molar-refractivity contribution < 1.29 is 24.5 Å². The number of aliphatic hydroxyl groups is 2. The summed E-state index contributed by atoms with van der Waals surface area (Å²) in [5, 5.41) is 24.0. The second kappa shape index (κ2) is 9.84. The number of methoxy groups -OCH3 is 2. The van der Waals surface area contributed by atoms with Crippen LogP contribution in [0, 0.1) is 11.8 Å². The second-order valence-corrected chi connectivity index (χ2v) is 10.5. The summed E-state index contributed by atoms with van der Waals surface area (Å²) in [7, 11) is 3.18. The lowest BCUT2D eigenvalue weighted by atomic mass is 9.53. The van der Waals surface area contributed by atoms with Gasteiger partial charge in [-0.15, -0.1) is 0 Å². The van der Waals surface area contributed by atoms with E-state index in [4.69, 9.17) is 9.47 Å². The molecular weight excluding hydrogens is 466 g/mol. The number of para-hydroxylation sites is 2. The smallest absolute Gasteiger partial charge is 0.227 e. The van der Waals surface area contributed by atoms with E-state index >= 15 is 0 Å². The van der Waals surface area contributed by atoms with Crippen LogP contribution in [0.2, 0.25) is 0 Å². The van der Waals surface area contributed by atoms with Crippen molar-refractivity contribution in [2.45, 2.75) is 36.9 Å². The van der Waals surface area contributed by atoms with Crippen LogP contribution in [-0.2, 0) is 22.2 Å². The first-order valence-corrected chi connectivity index (χ1v) is 12.8. The van der Waals surface area contributed by atoms with Gasteiger partial charge in [0.2, 0.25) is 5.91 Å². The van der Waals surface area contributed by atoms with E-state index in [1.807, 2.05) is 65.6 Å². The molecule has 1 saturated carbocycles. The molecule has 1 saturated heterocycles. The third-order valence-electron chi connectivity index (χ3n) is 8.69. The zero-order chi connectivity index (χ0) is 26.2. The van der Waals surface area contributed by atoms with Crippen molar-refractivity contribution in [1.29, 1.82) is 0 Å². The molecule has 194 valence electrons. The number of hydrogen-bond donors (Lipinski definition) is 2. The van der Waals surface area contributed by atoms with Gasteiger partial charge < -0.3 is 24.6 Å². The maximum absolute atomic E-state index is 13.6. The summed E-state index contributed by atoms with van der Waals surface area (Å²) in [6, 6.07) is 25.0. The van der Waals surface area contributed by atoms with Crippen molar-refractivity contribution in [2.75, 3.05) is 27.3 Å². The first-order valence-electron chi connectivity index (χ1n) is 12.8. The molecule has 0 bridgehead atoms. The summed E-state index contributed by atoms with van der Waals surface area (Å²) >= 11 is 0. The highest BCUT2D eigenvalue weighted by atomic mass is 16.5. The highest BCUT2D eigenvalue weighted by Gasteiger charge is 2.63. The largest absolute Gasteiger partial charge is 0.496 e. The molecule has 0 spiro atoms. The molecule has 1 heterocycles. The van der Waals surface area contributed by atoms with E-state index in [9.17, 15) is 15.0 Å². The number of benzene rings is 3.